The third-order valence-corrected chi connectivity index (χ3v) is 6.17. The molecule has 1 N–H and O–H groups in total. The van der Waals surface area contributed by atoms with E-state index in [2.05, 4.69) is 5.32 Å². The van der Waals surface area contributed by atoms with Crippen molar-refractivity contribution in [2.45, 2.75) is 63.1 Å². The standard InChI is InChI=1S/C13H22N2O3S/c1-19(17,18)15-11-7-6-9(8-11)12(15)13(16)14-10-4-2-3-5-10/h9-12H,2-8H2,1H3,(H,14,16)/t9-,11-,12-/m0/s1. The van der Waals surface area contributed by atoms with Crippen LogP contribution in [-0.4, -0.2) is 43.0 Å². The lowest BCUT2D eigenvalue weighted by Crippen LogP contribution is -2.53. The summed E-state index contributed by atoms with van der Waals surface area (Å²) in [6, 6.07) is -0.137. The number of hydrogen-bond acceptors (Lipinski definition) is 3. The molecule has 1 aliphatic heterocycles. The van der Waals surface area contributed by atoms with E-state index in [4.69, 9.17) is 0 Å². The van der Waals surface area contributed by atoms with Crippen LogP contribution in [0.4, 0.5) is 0 Å². The Balaban J connectivity index is 1.76. The Bertz CT molecular complexity index is 470. The zero-order valence-corrected chi connectivity index (χ0v) is 12.2. The highest BCUT2D eigenvalue weighted by atomic mass is 32.2. The third-order valence-electron chi connectivity index (χ3n) is 4.88. The van der Waals surface area contributed by atoms with E-state index in [0.717, 1.165) is 44.9 Å². The fraction of sp³-hybridized carbons (Fsp3) is 0.923. The molecule has 2 saturated carbocycles. The Labute approximate surface area is 114 Å². The topological polar surface area (TPSA) is 66.5 Å². The number of piperidine rings is 1. The van der Waals surface area contributed by atoms with Crippen LogP contribution >= 0.6 is 0 Å². The number of fused-ring (bicyclic) bond motifs is 2. The van der Waals surface area contributed by atoms with Crippen molar-refractivity contribution in [3.05, 3.63) is 0 Å². The van der Waals surface area contributed by atoms with Gasteiger partial charge in [-0.05, 0) is 38.0 Å². The first-order valence-corrected chi connectivity index (χ1v) is 9.10. The van der Waals surface area contributed by atoms with Crippen LogP contribution in [0.1, 0.15) is 44.9 Å². The molecule has 19 heavy (non-hydrogen) atoms. The van der Waals surface area contributed by atoms with Crippen LogP contribution in [-0.2, 0) is 14.8 Å². The number of sulfonamides is 1. The highest BCUT2D eigenvalue weighted by molar-refractivity contribution is 7.88. The highest BCUT2D eigenvalue weighted by Crippen LogP contribution is 2.43. The largest absolute Gasteiger partial charge is 0.352 e. The van der Waals surface area contributed by atoms with Gasteiger partial charge in [-0.25, -0.2) is 8.42 Å². The number of carbonyl (C=O) groups is 1. The van der Waals surface area contributed by atoms with Crippen LogP contribution in [0.15, 0.2) is 0 Å². The van der Waals surface area contributed by atoms with E-state index >= 15 is 0 Å². The molecule has 6 heteroatoms. The van der Waals surface area contributed by atoms with E-state index in [1.807, 2.05) is 0 Å². The fourth-order valence-electron chi connectivity index (χ4n) is 4.11. The average molecular weight is 286 g/mol. The van der Waals surface area contributed by atoms with Crippen molar-refractivity contribution in [3.8, 4) is 0 Å². The van der Waals surface area contributed by atoms with Gasteiger partial charge in [-0.2, -0.15) is 4.31 Å². The number of hydrogen-bond donors (Lipinski definition) is 1. The van der Waals surface area contributed by atoms with Crippen molar-refractivity contribution < 1.29 is 13.2 Å². The summed E-state index contributed by atoms with van der Waals surface area (Å²) in [6.45, 7) is 0. The Kier molecular flexibility index (Phi) is 3.33. The van der Waals surface area contributed by atoms with Gasteiger partial charge in [-0.15, -0.1) is 0 Å². The molecular weight excluding hydrogens is 264 g/mol. The van der Waals surface area contributed by atoms with Gasteiger partial charge in [-0.3, -0.25) is 4.79 Å². The van der Waals surface area contributed by atoms with Gasteiger partial charge in [0.1, 0.15) is 6.04 Å². The van der Waals surface area contributed by atoms with Crippen LogP contribution in [0, 0.1) is 5.92 Å². The molecule has 2 bridgehead atoms. The van der Waals surface area contributed by atoms with Gasteiger partial charge in [0, 0.05) is 12.1 Å². The first-order valence-electron chi connectivity index (χ1n) is 7.25. The van der Waals surface area contributed by atoms with E-state index in [-0.39, 0.29) is 23.9 Å². The van der Waals surface area contributed by atoms with Crippen molar-refractivity contribution in [2.75, 3.05) is 6.26 Å². The minimum absolute atomic E-state index is 0.0549. The first-order chi connectivity index (χ1) is 8.97. The van der Waals surface area contributed by atoms with Gasteiger partial charge < -0.3 is 5.32 Å². The van der Waals surface area contributed by atoms with Crippen molar-refractivity contribution in [1.29, 1.82) is 0 Å². The molecule has 1 amide bonds. The third kappa shape index (κ3) is 2.40. The van der Waals surface area contributed by atoms with Crippen LogP contribution in [0.25, 0.3) is 0 Å². The molecule has 1 heterocycles. The average Bonchev–Trinajstić information content (AvgIpc) is 3.02. The lowest BCUT2D eigenvalue weighted by atomic mass is 9.99. The smallest absolute Gasteiger partial charge is 0.238 e. The number of carbonyl (C=O) groups excluding carboxylic acids is 1. The first kappa shape index (κ1) is 13.4. The molecule has 0 radical (unpaired) electrons. The second-order valence-electron chi connectivity index (χ2n) is 6.25. The van der Waals surface area contributed by atoms with E-state index in [1.54, 1.807) is 0 Å². The van der Waals surface area contributed by atoms with E-state index in [9.17, 15) is 13.2 Å². The number of amides is 1. The fourth-order valence-corrected chi connectivity index (χ4v) is 5.52. The summed E-state index contributed by atoms with van der Waals surface area (Å²) in [4.78, 5) is 12.4. The molecule has 0 aromatic heterocycles. The van der Waals surface area contributed by atoms with Gasteiger partial charge >= 0.3 is 0 Å². The summed E-state index contributed by atoms with van der Waals surface area (Å²) in [7, 11) is -3.29. The maximum atomic E-state index is 12.4. The number of rotatable bonds is 3. The molecule has 0 aromatic rings. The summed E-state index contributed by atoms with van der Waals surface area (Å²) in [5.41, 5.74) is 0. The Morgan fingerprint density at radius 1 is 1.16 bits per heavy atom. The van der Waals surface area contributed by atoms with Crippen LogP contribution in [0.2, 0.25) is 0 Å². The molecular formula is C13H22N2O3S. The van der Waals surface area contributed by atoms with Crippen molar-refractivity contribution in [1.82, 2.24) is 9.62 Å². The van der Waals surface area contributed by atoms with Crippen LogP contribution < -0.4 is 5.32 Å². The Morgan fingerprint density at radius 2 is 1.84 bits per heavy atom. The summed E-state index contributed by atoms with van der Waals surface area (Å²) >= 11 is 0. The molecule has 5 nitrogen and oxygen atoms in total. The lowest BCUT2D eigenvalue weighted by molar-refractivity contribution is -0.126. The van der Waals surface area contributed by atoms with Gasteiger partial charge in [-0.1, -0.05) is 12.8 Å². The molecule has 0 spiro atoms. The van der Waals surface area contributed by atoms with E-state index in [1.165, 1.54) is 10.6 Å². The summed E-state index contributed by atoms with van der Waals surface area (Å²) < 4.78 is 25.3. The predicted octanol–water partition coefficient (Wildman–Crippen LogP) is 0.858. The Morgan fingerprint density at radius 3 is 2.47 bits per heavy atom. The second kappa shape index (κ2) is 4.74. The summed E-state index contributed by atoms with van der Waals surface area (Å²) in [6.07, 6.45) is 8.37. The molecule has 3 fully saturated rings. The zero-order valence-electron chi connectivity index (χ0n) is 11.3. The van der Waals surface area contributed by atoms with Gasteiger partial charge in [0.2, 0.25) is 15.9 Å². The van der Waals surface area contributed by atoms with Crippen molar-refractivity contribution in [2.24, 2.45) is 5.92 Å². The quantitative estimate of drug-likeness (QED) is 0.836. The maximum Gasteiger partial charge on any atom is 0.238 e. The Hall–Kier alpha value is -0.620. The monoisotopic (exact) mass is 286 g/mol. The normalized spacial score (nSPS) is 35.9. The zero-order chi connectivity index (χ0) is 13.6. The molecule has 108 valence electrons. The van der Waals surface area contributed by atoms with Gasteiger partial charge in [0.15, 0.2) is 0 Å². The van der Waals surface area contributed by atoms with Gasteiger partial charge in [0.25, 0.3) is 0 Å². The molecule has 2 aliphatic carbocycles. The molecule has 1 saturated heterocycles. The van der Waals surface area contributed by atoms with Crippen LogP contribution in [0.5, 0.6) is 0 Å². The highest BCUT2D eigenvalue weighted by Gasteiger charge is 2.53. The maximum absolute atomic E-state index is 12.4. The minimum Gasteiger partial charge on any atom is -0.352 e. The van der Waals surface area contributed by atoms with Crippen molar-refractivity contribution >= 4 is 15.9 Å². The summed E-state index contributed by atoms with van der Waals surface area (Å²) in [5.74, 6) is 0.158. The van der Waals surface area contributed by atoms with Crippen molar-refractivity contribution in [3.63, 3.8) is 0 Å². The molecule has 0 unspecified atom stereocenters. The van der Waals surface area contributed by atoms with Crippen LogP contribution in [0.3, 0.4) is 0 Å². The minimum atomic E-state index is -3.29. The van der Waals surface area contributed by atoms with E-state index in [0.29, 0.717) is 0 Å². The molecule has 3 atom stereocenters. The van der Waals surface area contributed by atoms with Gasteiger partial charge in [0.05, 0.1) is 6.26 Å². The number of nitrogens with zero attached hydrogens (tertiary/aromatic N) is 1. The number of nitrogens with one attached hydrogen (secondary N) is 1. The summed E-state index contributed by atoms with van der Waals surface area (Å²) in [5, 5.41) is 3.06. The SMILES string of the molecule is CS(=O)(=O)N1[C@H]2CC[C@@H](C2)[C@H]1C(=O)NC1CCCC1. The predicted molar refractivity (Wildman–Crippen MR) is 72.0 cm³/mol. The molecule has 3 aliphatic rings. The second-order valence-corrected chi connectivity index (χ2v) is 8.14. The van der Waals surface area contributed by atoms with E-state index < -0.39 is 16.1 Å². The lowest BCUT2D eigenvalue weighted by Gasteiger charge is -2.32. The molecule has 0 aromatic carbocycles. The molecule has 3 rings (SSSR count).